The highest BCUT2D eigenvalue weighted by molar-refractivity contribution is 5.99. The third-order valence-electron chi connectivity index (χ3n) is 7.18. The van der Waals surface area contributed by atoms with Crippen molar-refractivity contribution in [1.82, 2.24) is 10.3 Å². The topological polar surface area (TPSA) is 60.5 Å². The second-order valence-corrected chi connectivity index (χ2v) is 10.9. The molecule has 0 radical (unpaired) electrons. The van der Waals surface area contributed by atoms with E-state index in [-0.39, 0.29) is 23.9 Å². The molecule has 2 atom stereocenters. The summed E-state index contributed by atoms with van der Waals surface area (Å²) in [5.74, 6) is -0.626. The van der Waals surface area contributed by atoms with Crippen LogP contribution in [0.25, 0.3) is 28.1 Å². The number of hydrogen-bond acceptors (Lipinski definition) is 4. The van der Waals surface area contributed by atoms with Crippen molar-refractivity contribution in [3.05, 3.63) is 71.7 Å². The molecule has 3 aromatic rings. The van der Waals surface area contributed by atoms with Gasteiger partial charge < -0.3 is 14.8 Å². The molecule has 5 nitrogen and oxygen atoms in total. The number of rotatable bonds is 9. The van der Waals surface area contributed by atoms with E-state index in [9.17, 15) is 9.18 Å². The summed E-state index contributed by atoms with van der Waals surface area (Å²) in [4.78, 5) is 17.6. The molecule has 6 heteroatoms. The first kappa shape index (κ1) is 26.5. The number of fused-ring (bicyclic) bond motifs is 1. The molecule has 1 saturated heterocycles. The third kappa shape index (κ3) is 6.30. The van der Waals surface area contributed by atoms with Gasteiger partial charge in [0, 0.05) is 35.4 Å². The van der Waals surface area contributed by atoms with Crippen molar-refractivity contribution in [2.24, 2.45) is 0 Å². The molecule has 1 N–H and O–H groups in total. The van der Waals surface area contributed by atoms with E-state index in [1.165, 1.54) is 12.1 Å². The van der Waals surface area contributed by atoms with Crippen molar-refractivity contribution in [1.29, 1.82) is 0 Å². The van der Waals surface area contributed by atoms with Crippen LogP contribution >= 0.6 is 0 Å². The number of nitrogens with zero attached hydrogens (tertiary/aromatic N) is 1. The van der Waals surface area contributed by atoms with Gasteiger partial charge in [0.15, 0.2) is 5.79 Å². The predicted octanol–water partition coefficient (Wildman–Crippen LogP) is 7.15. The Kier molecular flexibility index (Phi) is 7.91. The van der Waals surface area contributed by atoms with Gasteiger partial charge in [-0.05, 0) is 56.9 Å². The minimum atomic E-state index is -0.803. The van der Waals surface area contributed by atoms with Crippen LogP contribution in [0.1, 0.15) is 76.5 Å². The highest BCUT2D eigenvalue weighted by atomic mass is 19.1. The van der Waals surface area contributed by atoms with Crippen LogP contribution in [0, 0.1) is 5.82 Å². The van der Waals surface area contributed by atoms with Crippen LogP contribution in [0.2, 0.25) is 0 Å². The summed E-state index contributed by atoms with van der Waals surface area (Å²) >= 11 is 0. The van der Waals surface area contributed by atoms with Crippen LogP contribution in [-0.4, -0.2) is 35.4 Å². The number of nitrogens with one attached hydrogen (secondary N) is 1. The van der Waals surface area contributed by atoms with E-state index in [2.05, 4.69) is 30.5 Å². The number of amides is 1. The van der Waals surface area contributed by atoms with Gasteiger partial charge >= 0.3 is 0 Å². The minimum Gasteiger partial charge on any atom is -0.356 e. The molecule has 1 aliphatic carbocycles. The van der Waals surface area contributed by atoms with Crippen molar-refractivity contribution >= 4 is 22.9 Å². The summed E-state index contributed by atoms with van der Waals surface area (Å²) in [5.41, 5.74) is 5.11. The Bertz CT molecular complexity index is 1310. The van der Waals surface area contributed by atoms with E-state index in [0.717, 1.165) is 59.0 Å². The Morgan fingerprint density at radius 3 is 2.63 bits per heavy atom. The number of ether oxygens (including phenoxy) is 2. The molecule has 2 heterocycles. The number of unbranched alkanes of at least 4 members (excludes halogenated alkanes) is 1. The normalized spacial score (nSPS) is 21.2. The maximum absolute atomic E-state index is 13.8. The fourth-order valence-electron chi connectivity index (χ4n) is 5.29. The van der Waals surface area contributed by atoms with Crippen molar-refractivity contribution in [3.8, 4) is 11.1 Å². The number of benzene rings is 2. The molecule has 0 bridgehead atoms. The van der Waals surface area contributed by atoms with Gasteiger partial charge in [-0.25, -0.2) is 4.39 Å². The standard InChI is InChI=1S/C32H37FN2O3/c1-4-5-18-34-29(36)20-25-19-24(37-32(2,3)38-25)16-17-27-30(21-12-14-23(33)15-13-21)26-8-6-7-9-28(26)35-31(27)22-10-11-22/h6-9,12-17,22,24-25H,4-5,10-11,18-20H2,1-3H3,(H,34,36)/t24-,25-/m1/s1. The first-order valence-corrected chi connectivity index (χ1v) is 13.8. The molecule has 2 aromatic carbocycles. The van der Waals surface area contributed by atoms with Gasteiger partial charge in [0.1, 0.15) is 5.82 Å². The molecule has 1 aliphatic heterocycles. The van der Waals surface area contributed by atoms with Crippen LogP contribution in [0.5, 0.6) is 0 Å². The second-order valence-electron chi connectivity index (χ2n) is 10.9. The molecular weight excluding hydrogens is 479 g/mol. The highest BCUT2D eigenvalue weighted by Gasteiger charge is 2.36. The second kappa shape index (κ2) is 11.3. The number of aromatic nitrogens is 1. The first-order valence-electron chi connectivity index (χ1n) is 13.8. The molecule has 0 unspecified atom stereocenters. The van der Waals surface area contributed by atoms with E-state index in [1.54, 1.807) is 0 Å². The molecule has 1 aromatic heterocycles. The molecule has 1 saturated carbocycles. The van der Waals surface area contributed by atoms with Gasteiger partial charge in [-0.1, -0.05) is 55.8 Å². The predicted molar refractivity (Wildman–Crippen MR) is 149 cm³/mol. The number of halogens is 1. The summed E-state index contributed by atoms with van der Waals surface area (Å²) in [6, 6.07) is 14.8. The van der Waals surface area contributed by atoms with Crippen LogP contribution in [-0.2, 0) is 14.3 Å². The summed E-state index contributed by atoms with van der Waals surface area (Å²) in [5, 5.41) is 4.03. The van der Waals surface area contributed by atoms with Crippen molar-refractivity contribution in [2.75, 3.05) is 6.54 Å². The maximum atomic E-state index is 13.8. The number of carbonyl (C=O) groups is 1. The SMILES string of the molecule is CCCCNC(=O)C[C@H]1C[C@@H](C=Cc2c(C3CC3)nc3ccccc3c2-c2ccc(F)cc2)OC(C)(C)O1. The van der Waals surface area contributed by atoms with Gasteiger partial charge in [0.25, 0.3) is 0 Å². The third-order valence-corrected chi connectivity index (χ3v) is 7.18. The monoisotopic (exact) mass is 516 g/mol. The van der Waals surface area contributed by atoms with Crippen molar-refractivity contribution < 1.29 is 18.7 Å². The Hall–Kier alpha value is -3.09. The minimum absolute atomic E-state index is 0.0113. The maximum Gasteiger partial charge on any atom is 0.222 e. The lowest BCUT2D eigenvalue weighted by atomic mass is 9.92. The fraction of sp³-hybridized carbons (Fsp3) is 0.438. The molecule has 38 heavy (non-hydrogen) atoms. The average molecular weight is 517 g/mol. The molecule has 2 fully saturated rings. The van der Waals surface area contributed by atoms with Gasteiger partial charge in [0.05, 0.1) is 29.8 Å². The Balaban J connectivity index is 1.48. The van der Waals surface area contributed by atoms with Crippen LogP contribution in [0.4, 0.5) is 4.39 Å². The van der Waals surface area contributed by atoms with Gasteiger partial charge in [0.2, 0.25) is 5.91 Å². The van der Waals surface area contributed by atoms with E-state index in [1.807, 2.05) is 44.2 Å². The number of hydrogen-bond donors (Lipinski definition) is 1. The smallest absolute Gasteiger partial charge is 0.222 e. The van der Waals surface area contributed by atoms with Gasteiger partial charge in [-0.15, -0.1) is 0 Å². The van der Waals surface area contributed by atoms with E-state index >= 15 is 0 Å². The van der Waals surface area contributed by atoms with Crippen LogP contribution < -0.4 is 5.32 Å². The average Bonchev–Trinajstić information content (AvgIpc) is 3.72. The van der Waals surface area contributed by atoms with E-state index in [0.29, 0.717) is 25.3 Å². The van der Waals surface area contributed by atoms with E-state index in [4.69, 9.17) is 14.5 Å². The molecular formula is C32H37FN2O3. The number of carbonyl (C=O) groups excluding carboxylic acids is 1. The lowest BCUT2D eigenvalue weighted by molar-refractivity contribution is -0.289. The lowest BCUT2D eigenvalue weighted by Gasteiger charge is -2.39. The Labute approximate surface area is 224 Å². The van der Waals surface area contributed by atoms with Gasteiger partial charge in [-0.2, -0.15) is 0 Å². The van der Waals surface area contributed by atoms with Crippen molar-refractivity contribution in [2.45, 2.75) is 83.2 Å². The van der Waals surface area contributed by atoms with Crippen LogP contribution in [0.15, 0.2) is 54.6 Å². The molecule has 200 valence electrons. The van der Waals surface area contributed by atoms with E-state index < -0.39 is 5.79 Å². The summed E-state index contributed by atoms with van der Waals surface area (Å²) < 4.78 is 26.2. The zero-order valence-corrected chi connectivity index (χ0v) is 22.5. The lowest BCUT2D eigenvalue weighted by Crippen LogP contribution is -2.45. The first-order chi connectivity index (χ1) is 18.3. The molecule has 2 aliphatic rings. The summed E-state index contributed by atoms with van der Waals surface area (Å²) in [6.07, 6.45) is 8.90. The zero-order valence-electron chi connectivity index (χ0n) is 22.5. The zero-order chi connectivity index (χ0) is 26.7. The number of pyridine rings is 1. The number of para-hydroxylation sites is 1. The quantitative estimate of drug-likeness (QED) is 0.307. The Morgan fingerprint density at radius 1 is 1.13 bits per heavy atom. The fourth-order valence-corrected chi connectivity index (χ4v) is 5.29. The van der Waals surface area contributed by atoms with Gasteiger partial charge in [-0.3, -0.25) is 9.78 Å². The molecule has 5 rings (SSSR count). The summed E-state index contributed by atoms with van der Waals surface area (Å²) in [6.45, 7) is 6.59. The van der Waals surface area contributed by atoms with Crippen molar-refractivity contribution in [3.63, 3.8) is 0 Å². The molecule has 1 amide bonds. The largest absolute Gasteiger partial charge is 0.356 e. The molecule has 0 spiro atoms. The summed E-state index contributed by atoms with van der Waals surface area (Å²) in [7, 11) is 0. The van der Waals surface area contributed by atoms with Crippen LogP contribution in [0.3, 0.4) is 0 Å². The Morgan fingerprint density at radius 2 is 1.89 bits per heavy atom. The highest BCUT2D eigenvalue weighted by Crippen LogP contribution is 2.45.